The fraction of sp³-hybridized carbons (Fsp3) is 0.130. The summed E-state index contributed by atoms with van der Waals surface area (Å²) in [7, 11) is 17.8. The molecule has 0 aliphatic carbocycles. The van der Waals surface area contributed by atoms with Crippen LogP contribution < -0.4 is 40.2 Å². The first-order valence-electron chi connectivity index (χ1n) is 20.1. The molecule has 0 unspecified atom stereocenters. The van der Waals surface area contributed by atoms with E-state index in [1.165, 1.54) is 39.0 Å². The SMILES string of the molecule is COC(=O)c1ccc([P+](C)(c2ccccc2)c2ccc(C(=O)OC)cc2)cc1.COC(=O)c1ccc([P+](C)(c2ccccc2)c2ccc(C(=O)OC)cc2)cc1.[O]=[Mn](=[O])([O-])[Cl].[O]=[Mn](=[O])([O-])[Cl].[O]=[Mn](=[O])([OH])[Cl].[O]=[Mn](=[O])([OH])[Cl]. The summed E-state index contributed by atoms with van der Waals surface area (Å²) in [4.78, 5) is 47.1. The van der Waals surface area contributed by atoms with Gasteiger partial charge >= 0.3 is 160 Å². The molecule has 416 valence electrons. The molecular weight excluding hydrogens is 1300 g/mol. The van der Waals surface area contributed by atoms with Crippen molar-refractivity contribution in [2.75, 3.05) is 41.8 Å². The average molecular weight is 1340 g/mol. The summed E-state index contributed by atoms with van der Waals surface area (Å²) in [6.45, 7) is 4.48. The Balaban J connectivity index is 0.000000561. The predicted octanol–water partition coefficient (Wildman–Crippen LogP) is 4.67. The average Bonchev–Trinajstić information content (AvgIpc) is 3.36. The quantitative estimate of drug-likeness (QED) is 0.0814. The second-order valence-electron chi connectivity index (χ2n) is 14.3. The van der Waals surface area contributed by atoms with Crippen molar-refractivity contribution in [2.24, 2.45) is 0 Å². The van der Waals surface area contributed by atoms with Crippen LogP contribution in [0, 0.1) is 0 Å². The summed E-state index contributed by atoms with van der Waals surface area (Å²) < 4.78 is 123. The zero-order valence-electron chi connectivity index (χ0n) is 40.2. The number of hydrogen-bond donors (Lipinski definition) is 2. The van der Waals surface area contributed by atoms with Gasteiger partial charge in [0.25, 0.3) is 0 Å². The fourth-order valence-corrected chi connectivity index (χ4v) is 12.7. The van der Waals surface area contributed by atoms with Gasteiger partial charge in [-0.1, -0.05) is 36.4 Å². The van der Waals surface area contributed by atoms with Crippen molar-refractivity contribution >= 4 is 111 Å². The summed E-state index contributed by atoms with van der Waals surface area (Å²) in [5.74, 6) is -1.41. The number of esters is 4. The minimum atomic E-state index is -4.90. The Hall–Kier alpha value is -4.46. The molecule has 30 heteroatoms. The first-order valence-corrected chi connectivity index (χ1v) is 36.9. The van der Waals surface area contributed by atoms with Gasteiger partial charge in [0, 0.05) is 0 Å². The molecule has 0 bridgehead atoms. The number of rotatable bonds is 10. The standard InChI is InChI=1S/2C23H22O4P.4ClH.4Mn.2H2O.10O/c2*1-26-22(24)17-9-13-20(14-10-17)28(3,19-7-5-4-6-8-19)21-15-11-18(12-16-21)23(25)27-2;;;;;;;;;;;;;;;;;;;;/h2*4-16H,1-3H3;4*1H;;;;;2*1H2;;;;;;;;;;/q2*+1;;;;;2*+1;2*+2;;;;;;;;;;;2*-1/p-6. The fourth-order valence-electron chi connectivity index (χ4n) is 6.40. The number of benzene rings is 6. The van der Waals surface area contributed by atoms with E-state index in [4.69, 9.17) is 66.4 Å². The van der Waals surface area contributed by atoms with Crippen LogP contribution in [0.3, 0.4) is 0 Å². The van der Waals surface area contributed by atoms with E-state index in [1.807, 2.05) is 84.9 Å². The van der Waals surface area contributed by atoms with Gasteiger partial charge < -0.3 is 18.9 Å². The first kappa shape index (κ1) is 69.6. The molecule has 0 aromatic heterocycles. The second-order valence-corrected chi connectivity index (χ2v) is 32.0. The Bertz CT molecular complexity index is 2870. The Kier molecular flexibility index (Phi) is 29.1. The molecule has 20 nitrogen and oxygen atoms in total. The van der Waals surface area contributed by atoms with E-state index in [0.717, 1.165) is 21.2 Å². The Labute approximate surface area is 462 Å². The van der Waals surface area contributed by atoms with Gasteiger partial charge in [-0.05, 0) is 121 Å². The Morgan fingerprint density at radius 3 is 0.618 bits per heavy atom. The number of ether oxygens (including phenoxy) is 4. The molecule has 0 spiro atoms. The van der Waals surface area contributed by atoms with E-state index in [0.29, 0.717) is 22.3 Å². The normalized spacial score (nSPS) is 11.1. The zero-order valence-corrected chi connectivity index (χ0v) is 49.7. The molecule has 0 saturated carbocycles. The predicted molar refractivity (Wildman–Crippen MR) is 261 cm³/mol. The molecule has 76 heavy (non-hydrogen) atoms. The summed E-state index contributed by atoms with van der Waals surface area (Å²) in [6, 6.07) is 50.9. The molecule has 0 aliphatic rings. The topological polar surface area (TPSA) is 328 Å². The third-order valence-corrected chi connectivity index (χ3v) is 17.8. The van der Waals surface area contributed by atoms with Crippen LogP contribution in [0.25, 0.3) is 0 Å². The third kappa shape index (κ3) is 26.3. The molecule has 2 N–H and O–H groups in total. The molecule has 6 rings (SSSR count). The summed E-state index contributed by atoms with van der Waals surface area (Å²) >= 11 is -19.1. The number of hydrogen-bond acceptors (Lipinski definition) is 18. The van der Waals surface area contributed by atoms with Crippen molar-refractivity contribution in [3.63, 3.8) is 0 Å². The van der Waals surface area contributed by atoms with Gasteiger partial charge in [0.2, 0.25) is 0 Å². The molecule has 0 amide bonds. The van der Waals surface area contributed by atoms with E-state index in [2.05, 4.69) is 78.0 Å². The Morgan fingerprint density at radius 1 is 0.355 bits per heavy atom. The summed E-state index contributed by atoms with van der Waals surface area (Å²) in [6.07, 6.45) is 0. The van der Waals surface area contributed by atoms with Crippen molar-refractivity contribution in [3.05, 3.63) is 180 Å². The third-order valence-electron chi connectivity index (χ3n) is 9.76. The molecule has 0 aliphatic heterocycles. The minimum absolute atomic E-state index is 0.353. The van der Waals surface area contributed by atoms with E-state index in [-0.39, 0.29) is 23.9 Å². The van der Waals surface area contributed by atoms with Crippen LogP contribution in [-0.4, -0.2) is 74.0 Å². The van der Waals surface area contributed by atoms with Crippen molar-refractivity contribution in [1.29, 1.82) is 0 Å². The molecule has 0 heterocycles. The maximum atomic E-state index is 11.8. The summed E-state index contributed by atoms with van der Waals surface area (Å²) in [5.41, 5.74) is 2.08. The number of halogens is 4. The van der Waals surface area contributed by atoms with Crippen LogP contribution in [0.4, 0.5) is 0 Å². The molecule has 0 saturated heterocycles. The van der Waals surface area contributed by atoms with Crippen LogP contribution in [0.15, 0.2) is 158 Å². The van der Waals surface area contributed by atoms with Gasteiger partial charge in [-0.2, -0.15) is 0 Å². The Morgan fingerprint density at radius 2 is 0.487 bits per heavy atom. The van der Waals surface area contributed by atoms with Crippen molar-refractivity contribution in [1.82, 2.24) is 0 Å². The monoisotopic (exact) mass is 1340 g/mol. The van der Waals surface area contributed by atoms with E-state index in [1.54, 1.807) is 48.5 Å². The van der Waals surface area contributed by atoms with E-state index >= 15 is 0 Å². The van der Waals surface area contributed by atoms with Gasteiger partial charge in [0.1, 0.15) is 46.4 Å². The molecule has 0 atom stereocenters. The molecule has 6 aromatic carbocycles. The van der Waals surface area contributed by atoms with E-state index in [9.17, 15) is 19.2 Å². The van der Waals surface area contributed by atoms with Crippen LogP contribution in [0.1, 0.15) is 41.4 Å². The van der Waals surface area contributed by atoms with Gasteiger partial charge in [-0.15, -0.1) is 0 Å². The number of carbonyl (C=O) groups excluding carboxylic acids is 4. The van der Waals surface area contributed by atoms with E-state index < -0.39 is 63.0 Å². The second kappa shape index (κ2) is 31.8. The summed E-state index contributed by atoms with van der Waals surface area (Å²) in [5, 5.41) is 6.97. The van der Waals surface area contributed by atoms with Gasteiger partial charge in [0.15, 0.2) is 0 Å². The zero-order chi connectivity index (χ0) is 58.3. The molecule has 0 radical (unpaired) electrons. The van der Waals surface area contributed by atoms with Crippen LogP contribution in [-0.2, 0) is 98.1 Å². The maximum absolute atomic E-state index is 11.8. The van der Waals surface area contributed by atoms with Crippen LogP contribution >= 0.6 is 54.9 Å². The molecule has 6 aromatic rings. The van der Waals surface area contributed by atoms with Crippen molar-refractivity contribution < 1.29 is 134 Å². The van der Waals surface area contributed by atoms with Crippen LogP contribution in [0.2, 0.25) is 0 Å². The van der Waals surface area contributed by atoms with Gasteiger partial charge in [-0.3, -0.25) is 0 Å². The van der Waals surface area contributed by atoms with Gasteiger partial charge in [-0.25, -0.2) is 19.2 Å². The molecular formula is C46H46Cl4Mn4O20P2. The molecule has 0 fully saturated rings. The first-order chi connectivity index (χ1) is 35.0. The van der Waals surface area contributed by atoms with Crippen LogP contribution in [0.5, 0.6) is 0 Å². The van der Waals surface area contributed by atoms with Crippen molar-refractivity contribution in [2.45, 2.75) is 0 Å². The van der Waals surface area contributed by atoms with Gasteiger partial charge in [0.05, 0.1) is 64.0 Å². The number of methoxy groups -OCH3 is 4. The number of carbonyl (C=O) groups is 4. The van der Waals surface area contributed by atoms with Crippen molar-refractivity contribution in [3.8, 4) is 0 Å².